The molecule has 0 aliphatic heterocycles. The number of carbonyl (C=O) groups is 1. The summed E-state index contributed by atoms with van der Waals surface area (Å²) in [6.07, 6.45) is 4.30. The Labute approximate surface area is 108 Å². The number of carbonyl (C=O) groups excluding carboxylic acids is 1. The second kappa shape index (κ2) is 4.51. The van der Waals surface area contributed by atoms with Crippen LogP contribution in [0.1, 0.15) is 17.5 Å². The van der Waals surface area contributed by atoms with Gasteiger partial charge < -0.3 is 14.8 Å². The van der Waals surface area contributed by atoms with E-state index in [0.717, 1.165) is 19.3 Å². The van der Waals surface area contributed by atoms with E-state index in [-0.39, 0.29) is 11.1 Å². The maximum Gasteiger partial charge on any atom is 0.250 e. The Balaban J connectivity index is 2.14. The Hall–Kier alpha value is -2.14. The predicted molar refractivity (Wildman–Crippen MR) is 70.2 cm³/mol. The number of aliphatic hydroxyl groups excluding tert-OH is 1. The highest BCUT2D eigenvalue weighted by atomic mass is 16.3. The van der Waals surface area contributed by atoms with E-state index in [2.05, 4.69) is 5.32 Å². The van der Waals surface area contributed by atoms with Crippen LogP contribution in [0.5, 0.6) is 0 Å². The van der Waals surface area contributed by atoms with Crippen LogP contribution in [0, 0.1) is 0 Å². The molecule has 0 bridgehead atoms. The summed E-state index contributed by atoms with van der Waals surface area (Å²) in [6.45, 7) is -0.665. The summed E-state index contributed by atoms with van der Waals surface area (Å²) >= 11 is 0. The average Bonchev–Trinajstić information content (AvgIpc) is 2.87. The number of aliphatic hydroxyl groups is 1. The first-order valence-electron chi connectivity index (χ1n) is 6.17. The highest BCUT2D eigenvalue weighted by Gasteiger charge is 2.16. The molecule has 1 aliphatic carbocycles. The molecule has 19 heavy (non-hydrogen) atoms. The van der Waals surface area contributed by atoms with Crippen molar-refractivity contribution in [3.8, 4) is 0 Å². The van der Waals surface area contributed by atoms with Crippen molar-refractivity contribution in [1.29, 1.82) is 0 Å². The largest absolute Gasteiger partial charge is 0.462 e. The standard InChI is InChI=1S/C14H13NO4/c16-6-13(17)15-11-7-19-12-5-9-3-1-2-8(9)4-10(12)14(11)18/h4-5,7,16H,1-3,6H2,(H,15,17). The Bertz CT molecular complexity index is 717. The summed E-state index contributed by atoms with van der Waals surface area (Å²) < 4.78 is 5.40. The second-order valence-corrected chi connectivity index (χ2v) is 4.66. The van der Waals surface area contributed by atoms with Crippen molar-refractivity contribution >= 4 is 22.6 Å². The van der Waals surface area contributed by atoms with Crippen LogP contribution < -0.4 is 10.7 Å². The van der Waals surface area contributed by atoms with Crippen molar-refractivity contribution in [2.24, 2.45) is 0 Å². The molecule has 0 fully saturated rings. The molecule has 0 unspecified atom stereocenters. The fourth-order valence-corrected chi connectivity index (χ4v) is 2.47. The molecule has 0 saturated carbocycles. The van der Waals surface area contributed by atoms with Gasteiger partial charge in [0.15, 0.2) is 0 Å². The summed E-state index contributed by atoms with van der Waals surface area (Å²) in [7, 11) is 0. The quantitative estimate of drug-likeness (QED) is 0.849. The fraction of sp³-hybridized carbons (Fsp3) is 0.286. The monoisotopic (exact) mass is 259 g/mol. The minimum absolute atomic E-state index is 0.0597. The first-order valence-corrected chi connectivity index (χ1v) is 6.17. The topological polar surface area (TPSA) is 79.5 Å². The number of hydrogen-bond donors (Lipinski definition) is 2. The van der Waals surface area contributed by atoms with Crippen LogP contribution in [0.15, 0.2) is 27.6 Å². The molecule has 3 rings (SSSR count). The summed E-state index contributed by atoms with van der Waals surface area (Å²) in [4.78, 5) is 23.3. The molecule has 1 aromatic heterocycles. The van der Waals surface area contributed by atoms with Crippen LogP contribution in [-0.2, 0) is 17.6 Å². The molecule has 5 heteroatoms. The fourth-order valence-electron chi connectivity index (χ4n) is 2.47. The van der Waals surface area contributed by atoms with E-state index in [4.69, 9.17) is 9.52 Å². The van der Waals surface area contributed by atoms with Gasteiger partial charge in [-0.3, -0.25) is 9.59 Å². The number of amides is 1. The van der Waals surface area contributed by atoms with Crippen molar-refractivity contribution in [1.82, 2.24) is 0 Å². The van der Waals surface area contributed by atoms with Crippen molar-refractivity contribution in [3.05, 3.63) is 39.7 Å². The summed E-state index contributed by atoms with van der Waals surface area (Å²) in [5.41, 5.74) is 2.71. The lowest BCUT2D eigenvalue weighted by atomic mass is 10.1. The zero-order valence-corrected chi connectivity index (χ0v) is 10.2. The first-order chi connectivity index (χ1) is 9.19. The Morgan fingerprint density at radius 2 is 2.05 bits per heavy atom. The number of aryl methyl sites for hydroxylation is 2. The van der Waals surface area contributed by atoms with Crippen molar-refractivity contribution in [2.45, 2.75) is 19.3 Å². The number of fused-ring (bicyclic) bond motifs is 2. The van der Waals surface area contributed by atoms with Gasteiger partial charge in [0, 0.05) is 0 Å². The van der Waals surface area contributed by atoms with Gasteiger partial charge >= 0.3 is 0 Å². The van der Waals surface area contributed by atoms with Gasteiger partial charge in [-0.05, 0) is 42.5 Å². The molecule has 0 saturated heterocycles. The van der Waals surface area contributed by atoms with Gasteiger partial charge in [-0.15, -0.1) is 0 Å². The molecule has 0 spiro atoms. The molecule has 0 atom stereocenters. The van der Waals surface area contributed by atoms with Crippen molar-refractivity contribution < 1.29 is 14.3 Å². The number of anilines is 1. The van der Waals surface area contributed by atoms with Gasteiger partial charge in [0.05, 0.1) is 5.39 Å². The molecule has 2 aromatic rings. The van der Waals surface area contributed by atoms with Crippen molar-refractivity contribution in [2.75, 3.05) is 11.9 Å². The highest BCUT2D eigenvalue weighted by Crippen LogP contribution is 2.26. The average molecular weight is 259 g/mol. The normalized spacial score (nSPS) is 13.5. The number of hydrogen-bond acceptors (Lipinski definition) is 4. The van der Waals surface area contributed by atoms with Gasteiger partial charge in [-0.1, -0.05) is 0 Å². The smallest absolute Gasteiger partial charge is 0.250 e. The van der Waals surface area contributed by atoms with E-state index < -0.39 is 12.5 Å². The Morgan fingerprint density at radius 1 is 1.32 bits per heavy atom. The van der Waals surface area contributed by atoms with E-state index in [0.29, 0.717) is 11.0 Å². The highest BCUT2D eigenvalue weighted by molar-refractivity contribution is 5.93. The number of nitrogens with one attached hydrogen (secondary N) is 1. The van der Waals surface area contributed by atoms with E-state index in [9.17, 15) is 9.59 Å². The van der Waals surface area contributed by atoms with Gasteiger partial charge in [-0.25, -0.2) is 0 Å². The van der Waals surface area contributed by atoms with Crippen LogP contribution in [0.4, 0.5) is 5.69 Å². The molecular formula is C14H13NO4. The van der Waals surface area contributed by atoms with E-state index in [1.54, 1.807) is 0 Å². The molecule has 1 aliphatic rings. The second-order valence-electron chi connectivity index (χ2n) is 4.66. The van der Waals surface area contributed by atoms with Gasteiger partial charge in [0.2, 0.25) is 11.3 Å². The van der Waals surface area contributed by atoms with Gasteiger partial charge in [0.1, 0.15) is 24.1 Å². The van der Waals surface area contributed by atoms with Crippen LogP contribution in [0.2, 0.25) is 0 Å². The summed E-state index contributed by atoms with van der Waals surface area (Å²) in [5.74, 6) is -0.632. The Morgan fingerprint density at radius 3 is 2.79 bits per heavy atom. The van der Waals surface area contributed by atoms with E-state index in [1.165, 1.54) is 17.4 Å². The molecule has 1 aromatic carbocycles. The van der Waals surface area contributed by atoms with E-state index in [1.807, 2.05) is 12.1 Å². The zero-order chi connectivity index (χ0) is 13.4. The summed E-state index contributed by atoms with van der Waals surface area (Å²) in [5, 5.41) is 11.5. The van der Waals surface area contributed by atoms with Crippen LogP contribution in [-0.4, -0.2) is 17.6 Å². The minimum Gasteiger partial charge on any atom is -0.462 e. The maximum absolute atomic E-state index is 12.2. The molecule has 0 radical (unpaired) electrons. The third kappa shape index (κ3) is 2.02. The Kier molecular flexibility index (Phi) is 2.83. The lowest BCUT2D eigenvalue weighted by Gasteiger charge is -2.05. The SMILES string of the molecule is O=C(CO)Nc1coc2cc3c(cc2c1=O)CCC3. The molecule has 5 nitrogen and oxygen atoms in total. The molecule has 98 valence electrons. The third-order valence-corrected chi connectivity index (χ3v) is 3.40. The van der Waals surface area contributed by atoms with Crippen molar-refractivity contribution in [3.63, 3.8) is 0 Å². The van der Waals surface area contributed by atoms with Crippen LogP contribution in [0.25, 0.3) is 11.0 Å². The first kappa shape index (κ1) is 11.9. The zero-order valence-electron chi connectivity index (χ0n) is 10.2. The molecule has 2 N–H and O–H groups in total. The van der Waals surface area contributed by atoms with E-state index >= 15 is 0 Å². The van der Waals surface area contributed by atoms with Crippen LogP contribution >= 0.6 is 0 Å². The maximum atomic E-state index is 12.2. The lowest BCUT2D eigenvalue weighted by molar-refractivity contribution is -0.118. The predicted octanol–water partition coefficient (Wildman–Crippen LogP) is 1.21. The third-order valence-electron chi connectivity index (χ3n) is 3.40. The minimum atomic E-state index is -0.665. The molecular weight excluding hydrogens is 246 g/mol. The lowest BCUT2D eigenvalue weighted by Crippen LogP contribution is -2.20. The van der Waals surface area contributed by atoms with Gasteiger partial charge in [0.25, 0.3) is 0 Å². The van der Waals surface area contributed by atoms with Gasteiger partial charge in [-0.2, -0.15) is 0 Å². The van der Waals surface area contributed by atoms with Crippen LogP contribution in [0.3, 0.4) is 0 Å². The summed E-state index contributed by atoms with van der Waals surface area (Å²) in [6, 6.07) is 3.74. The molecule has 1 heterocycles. The number of benzene rings is 1. The molecule has 1 amide bonds. The number of rotatable bonds is 2.